The number of rotatable bonds is 4. The Labute approximate surface area is 90.6 Å². The summed E-state index contributed by atoms with van der Waals surface area (Å²) in [6.45, 7) is 1.48. The molecule has 1 aromatic rings. The maximum Gasteiger partial charge on any atom is 0.358 e. The molecule has 0 bridgehead atoms. The van der Waals surface area contributed by atoms with Crippen LogP contribution in [-0.2, 0) is 4.79 Å². The predicted molar refractivity (Wildman–Crippen MR) is 51.7 cm³/mol. The SMILES string of the molecule is NC(=O)CN1CC(n2cc(C(=O)O)nn2)C1. The summed E-state index contributed by atoms with van der Waals surface area (Å²) in [4.78, 5) is 23.0. The third kappa shape index (κ3) is 2.01. The molecule has 1 aliphatic heterocycles. The Morgan fingerprint density at radius 2 is 2.25 bits per heavy atom. The first-order valence-electron chi connectivity index (χ1n) is 4.72. The van der Waals surface area contributed by atoms with Crippen LogP contribution in [0.2, 0.25) is 0 Å². The third-order valence-electron chi connectivity index (χ3n) is 2.42. The summed E-state index contributed by atoms with van der Waals surface area (Å²) in [6, 6.07) is 0.0694. The molecule has 86 valence electrons. The van der Waals surface area contributed by atoms with Gasteiger partial charge in [-0.1, -0.05) is 5.21 Å². The number of primary amides is 1. The Bertz CT molecular complexity index is 423. The number of hydrogen-bond donors (Lipinski definition) is 2. The molecule has 1 amide bonds. The highest BCUT2D eigenvalue weighted by molar-refractivity contribution is 5.84. The van der Waals surface area contributed by atoms with E-state index >= 15 is 0 Å². The van der Waals surface area contributed by atoms with Gasteiger partial charge in [0, 0.05) is 13.1 Å². The minimum atomic E-state index is -1.10. The quantitative estimate of drug-likeness (QED) is 0.632. The van der Waals surface area contributed by atoms with E-state index in [2.05, 4.69) is 10.3 Å². The molecule has 0 saturated carbocycles. The number of likely N-dealkylation sites (tertiary alicyclic amines) is 1. The molecule has 1 aliphatic rings. The van der Waals surface area contributed by atoms with Crippen LogP contribution in [-0.4, -0.2) is 56.5 Å². The van der Waals surface area contributed by atoms with E-state index in [0.717, 1.165) is 0 Å². The van der Waals surface area contributed by atoms with Gasteiger partial charge >= 0.3 is 5.97 Å². The minimum absolute atomic E-state index is 0.0694. The second-order valence-corrected chi connectivity index (χ2v) is 3.70. The summed E-state index contributed by atoms with van der Waals surface area (Å²) in [5.41, 5.74) is 4.96. The normalized spacial score (nSPS) is 17.0. The molecule has 1 aromatic heterocycles. The summed E-state index contributed by atoms with van der Waals surface area (Å²) >= 11 is 0. The first-order valence-corrected chi connectivity index (χ1v) is 4.72. The largest absolute Gasteiger partial charge is 0.476 e. The van der Waals surface area contributed by atoms with Gasteiger partial charge in [-0.05, 0) is 0 Å². The van der Waals surface area contributed by atoms with Crippen LogP contribution in [0.4, 0.5) is 0 Å². The highest BCUT2D eigenvalue weighted by Gasteiger charge is 2.30. The number of nitrogens with two attached hydrogens (primary N) is 1. The Kier molecular flexibility index (Phi) is 2.57. The number of carbonyl (C=O) groups excluding carboxylic acids is 1. The second kappa shape index (κ2) is 3.89. The van der Waals surface area contributed by atoms with Gasteiger partial charge in [0.15, 0.2) is 5.69 Å². The fraction of sp³-hybridized carbons (Fsp3) is 0.500. The van der Waals surface area contributed by atoms with E-state index in [4.69, 9.17) is 10.8 Å². The van der Waals surface area contributed by atoms with Crippen molar-refractivity contribution < 1.29 is 14.7 Å². The Morgan fingerprint density at radius 1 is 1.56 bits per heavy atom. The molecule has 16 heavy (non-hydrogen) atoms. The van der Waals surface area contributed by atoms with Gasteiger partial charge in [-0.25, -0.2) is 9.48 Å². The van der Waals surface area contributed by atoms with Crippen molar-refractivity contribution >= 4 is 11.9 Å². The van der Waals surface area contributed by atoms with Gasteiger partial charge in [0.25, 0.3) is 0 Å². The van der Waals surface area contributed by atoms with E-state index < -0.39 is 5.97 Å². The van der Waals surface area contributed by atoms with Crippen LogP contribution in [0.1, 0.15) is 16.5 Å². The Hall–Kier alpha value is -1.96. The van der Waals surface area contributed by atoms with Crippen LogP contribution >= 0.6 is 0 Å². The van der Waals surface area contributed by atoms with Crippen LogP contribution < -0.4 is 5.73 Å². The van der Waals surface area contributed by atoms with Gasteiger partial charge in [-0.15, -0.1) is 5.10 Å². The Morgan fingerprint density at radius 3 is 2.75 bits per heavy atom. The van der Waals surface area contributed by atoms with E-state index in [-0.39, 0.29) is 24.2 Å². The lowest BCUT2D eigenvalue weighted by atomic mass is 10.1. The number of aromatic nitrogens is 3. The lowest BCUT2D eigenvalue weighted by molar-refractivity contribution is -0.120. The van der Waals surface area contributed by atoms with Crippen LogP contribution in [0, 0.1) is 0 Å². The average Bonchev–Trinajstić information content (AvgIpc) is 2.58. The second-order valence-electron chi connectivity index (χ2n) is 3.70. The third-order valence-corrected chi connectivity index (χ3v) is 2.42. The number of carboxylic acids is 1. The molecular formula is C8H11N5O3. The van der Waals surface area contributed by atoms with Gasteiger partial charge in [-0.2, -0.15) is 0 Å². The van der Waals surface area contributed by atoms with Gasteiger partial charge in [0.2, 0.25) is 5.91 Å². The van der Waals surface area contributed by atoms with Crippen molar-refractivity contribution in [2.45, 2.75) is 6.04 Å². The molecule has 8 heteroatoms. The van der Waals surface area contributed by atoms with E-state index in [1.165, 1.54) is 10.9 Å². The standard InChI is InChI=1S/C8H11N5O3/c9-7(14)4-12-1-5(2-12)13-3-6(8(15)16)10-11-13/h3,5H,1-2,4H2,(H2,9,14)(H,15,16). The first kappa shape index (κ1) is 10.6. The molecule has 1 fully saturated rings. The molecule has 0 atom stereocenters. The minimum Gasteiger partial charge on any atom is -0.476 e. The van der Waals surface area contributed by atoms with Crippen LogP contribution in [0.15, 0.2) is 6.20 Å². The molecule has 0 spiro atoms. The average molecular weight is 225 g/mol. The van der Waals surface area contributed by atoms with Gasteiger partial charge in [-0.3, -0.25) is 9.69 Å². The van der Waals surface area contributed by atoms with Crippen molar-refractivity contribution in [3.8, 4) is 0 Å². The molecule has 0 aliphatic carbocycles. The van der Waals surface area contributed by atoms with Gasteiger partial charge in [0.1, 0.15) is 0 Å². The van der Waals surface area contributed by atoms with Crippen LogP contribution in [0.5, 0.6) is 0 Å². The van der Waals surface area contributed by atoms with E-state index in [9.17, 15) is 9.59 Å². The molecule has 0 radical (unpaired) electrons. The van der Waals surface area contributed by atoms with Gasteiger partial charge in [0.05, 0.1) is 18.8 Å². The lowest BCUT2D eigenvalue weighted by Gasteiger charge is -2.37. The number of aromatic carboxylic acids is 1. The van der Waals surface area contributed by atoms with E-state index in [1.54, 1.807) is 0 Å². The number of carboxylic acid groups (broad SMARTS) is 1. The Balaban J connectivity index is 1.91. The maximum atomic E-state index is 10.6. The van der Waals surface area contributed by atoms with Crippen molar-refractivity contribution in [3.63, 3.8) is 0 Å². The van der Waals surface area contributed by atoms with Crippen molar-refractivity contribution in [1.29, 1.82) is 0 Å². The lowest BCUT2D eigenvalue weighted by Crippen LogP contribution is -2.50. The molecule has 2 heterocycles. The summed E-state index contributed by atoms with van der Waals surface area (Å²) < 4.78 is 1.50. The van der Waals surface area contributed by atoms with Crippen LogP contribution in [0.25, 0.3) is 0 Å². The van der Waals surface area contributed by atoms with Crippen LogP contribution in [0.3, 0.4) is 0 Å². The van der Waals surface area contributed by atoms with Gasteiger partial charge < -0.3 is 10.8 Å². The van der Waals surface area contributed by atoms with Crippen molar-refractivity contribution in [2.75, 3.05) is 19.6 Å². The molecule has 8 nitrogen and oxygen atoms in total. The molecule has 2 rings (SSSR count). The molecule has 3 N–H and O–H groups in total. The zero-order valence-electron chi connectivity index (χ0n) is 8.41. The summed E-state index contributed by atoms with van der Waals surface area (Å²) in [7, 11) is 0. The zero-order chi connectivity index (χ0) is 11.7. The molecule has 0 unspecified atom stereocenters. The molecular weight excluding hydrogens is 214 g/mol. The number of hydrogen-bond acceptors (Lipinski definition) is 5. The monoisotopic (exact) mass is 225 g/mol. The first-order chi connectivity index (χ1) is 7.56. The smallest absolute Gasteiger partial charge is 0.358 e. The highest BCUT2D eigenvalue weighted by atomic mass is 16.4. The number of carbonyl (C=O) groups is 2. The van der Waals surface area contributed by atoms with Crippen molar-refractivity contribution in [1.82, 2.24) is 19.9 Å². The van der Waals surface area contributed by atoms with Crippen molar-refractivity contribution in [3.05, 3.63) is 11.9 Å². The van der Waals surface area contributed by atoms with E-state index in [1.807, 2.05) is 4.90 Å². The fourth-order valence-corrected chi connectivity index (χ4v) is 1.61. The summed E-state index contributed by atoms with van der Waals surface area (Å²) in [5, 5.41) is 15.9. The maximum absolute atomic E-state index is 10.6. The predicted octanol–water partition coefficient (Wildman–Crippen LogP) is -1.68. The highest BCUT2D eigenvalue weighted by Crippen LogP contribution is 2.19. The molecule has 0 aromatic carbocycles. The zero-order valence-corrected chi connectivity index (χ0v) is 8.41. The number of nitrogens with zero attached hydrogens (tertiary/aromatic N) is 4. The van der Waals surface area contributed by atoms with Crippen molar-refractivity contribution in [2.24, 2.45) is 5.73 Å². The summed E-state index contributed by atoms with van der Waals surface area (Å²) in [5.74, 6) is -1.47. The van der Waals surface area contributed by atoms with E-state index in [0.29, 0.717) is 13.1 Å². The topological polar surface area (TPSA) is 114 Å². The summed E-state index contributed by atoms with van der Waals surface area (Å²) in [6.07, 6.45) is 1.38. The molecule has 1 saturated heterocycles. The fourth-order valence-electron chi connectivity index (χ4n) is 1.61. The number of amides is 1.